The lowest BCUT2D eigenvalue weighted by Gasteiger charge is -2.09. The quantitative estimate of drug-likeness (QED) is 0.410. The van der Waals surface area contributed by atoms with Crippen LogP contribution in [0.2, 0.25) is 0 Å². The number of nitro benzene ring substituents is 1. The first-order chi connectivity index (χ1) is 13.4. The average Bonchev–Trinajstić information content (AvgIpc) is 3.01. The van der Waals surface area contributed by atoms with E-state index in [4.69, 9.17) is 0 Å². The van der Waals surface area contributed by atoms with Crippen LogP contribution in [-0.2, 0) is 7.05 Å². The Morgan fingerprint density at radius 2 is 2.00 bits per heavy atom. The number of aromatic nitrogens is 3. The van der Waals surface area contributed by atoms with Gasteiger partial charge in [0.05, 0.1) is 16.3 Å². The highest BCUT2D eigenvalue weighted by molar-refractivity contribution is 5.95. The number of para-hydroxylation sites is 1. The molecule has 0 aliphatic carbocycles. The van der Waals surface area contributed by atoms with Gasteiger partial charge in [0.2, 0.25) is 11.8 Å². The van der Waals surface area contributed by atoms with Crippen LogP contribution in [0.25, 0.3) is 22.2 Å². The molecule has 0 fully saturated rings. The molecule has 4 aromatic rings. The molecule has 2 heterocycles. The Kier molecular flexibility index (Phi) is 4.23. The predicted molar refractivity (Wildman–Crippen MR) is 105 cm³/mol. The molecule has 140 valence electrons. The molecule has 0 spiro atoms. The van der Waals surface area contributed by atoms with E-state index in [1.54, 1.807) is 19.2 Å². The van der Waals surface area contributed by atoms with Gasteiger partial charge in [-0.05, 0) is 30.7 Å². The fraction of sp³-hybridized carbons (Fsp3) is 0.100. The molecule has 0 saturated carbocycles. The van der Waals surface area contributed by atoms with E-state index in [0.29, 0.717) is 16.9 Å². The van der Waals surface area contributed by atoms with Crippen LogP contribution < -0.4 is 5.32 Å². The Hall–Kier alpha value is -3.81. The molecule has 2 aromatic heterocycles. The van der Waals surface area contributed by atoms with Gasteiger partial charge >= 0.3 is 5.69 Å². The van der Waals surface area contributed by atoms with Crippen LogP contribution in [0.1, 0.15) is 5.56 Å². The SMILES string of the molecule is Cc1cc(F)c([N+](=O)[O-])cc1Nc1nccc(-c2cn(C)c3ccccc23)n1. The maximum atomic E-state index is 13.8. The van der Waals surface area contributed by atoms with Crippen molar-refractivity contribution in [3.05, 3.63) is 76.4 Å². The number of anilines is 2. The molecule has 0 saturated heterocycles. The van der Waals surface area contributed by atoms with Crippen molar-refractivity contribution in [1.29, 1.82) is 0 Å². The third-order valence-corrected chi connectivity index (χ3v) is 4.57. The minimum Gasteiger partial charge on any atom is -0.350 e. The third-order valence-electron chi connectivity index (χ3n) is 4.57. The smallest absolute Gasteiger partial charge is 0.306 e. The molecule has 28 heavy (non-hydrogen) atoms. The molecule has 0 unspecified atom stereocenters. The van der Waals surface area contributed by atoms with Gasteiger partial charge in [-0.15, -0.1) is 0 Å². The molecule has 0 atom stereocenters. The average molecular weight is 377 g/mol. The zero-order chi connectivity index (χ0) is 19.8. The molecule has 0 radical (unpaired) electrons. The van der Waals surface area contributed by atoms with Crippen molar-refractivity contribution < 1.29 is 9.31 Å². The predicted octanol–water partition coefficient (Wildman–Crippen LogP) is 4.73. The van der Waals surface area contributed by atoms with Crippen LogP contribution in [0, 0.1) is 22.9 Å². The van der Waals surface area contributed by atoms with Gasteiger partial charge in [0.25, 0.3) is 0 Å². The lowest BCUT2D eigenvalue weighted by atomic mass is 10.1. The minimum atomic E-state index is -0.876. The molecule has 8 heteroatoms. The van der Waals surface area contributed by atoms with Crippen molar-refractivity contribution in [2.75, 3.05) is 5.32 Å². The number of nitro groups is 1. The number of fused-ring (bicyclic) bond motifs is 1. The molecule has 0 bridgehead atoms. The Morgan fingerprint density at radius 3 is 2.79 bits per heavy atom. The number of aryl methyl sites for hydroxylation is 2. The summed E-state index contributed by atoms with van der Waals surface area (Å²) in [6, 6.07) is 12.1. The summed E-state index contributed by atoms with van der Waals surface area (Å²) in [5, 5.41) is 15.0. The molecular weight excluding hydrogens is 361 g/mol. The standard InChI is InChI=1S/C20H16FN5O2/c1-12-9-15(21)19(26(27)28)10-17(12)24-20-22-8-7-16(23-20)14-11-25(2)18-6-4-3-5-13(14)18/h3-11H,1-2H3,(H,22,23,24). The van der Waals surface area contributed by atoms with Gasteiger partial charge in [0.1, 0.15) is 0 Å². The second-order valence-electron chi connectivity index (χ2n) is 6.44. The second-order valence-corrected chi connectivity index (χ2v) is 6.44. The van der Waals surface area contributed by atoms with Gasteiger partial charge in [-0.1, -0.05) is 18.2 Å². The van der Waals surface area contributed by atoms with Crippen LogP contribution in [0.3, 0.4) is 0 Å². The Morgan fingerprint density at radius 1 is 1.21 bits per heavy atom. The fourth-order valence-corrected chi connectivity index (χ4v) is 3.17. The first-order valence-corrected chi connectivity index (χ1v) is 8.53. The number of halogens is 1. The molecule has 4 rings (SSSR count). The topological polar surface area (TPSA) is 85.9 Å². The number of benzene rings is 2. The van der Waals surface area contributed by atoms with E-state index in [2.05, 4.69) is 15.3 Å². The van der Waals surface area contributed by atoms with Gasteiger partial charge in [-0.3, -0.25) is 10.1 Å². The highest BCUT2D eigenvalue weighted by atomic mass is 19.1. The van der Waals surface area contributed by atoms with Gasteiger partial charge in [-0.2, -0.15) is 4.39 Å². The van der Waals surface area contributed by atoms with Gasteiger partial charge in [0, 0.05) is 42.0 Å². The van der Waals surface area contributed by atoms with Crippen LogP contribution in [0.4, 0.5) is 21.7 Å². The highest BCUT2D eigenvalue weighted by Crippen LogP contribution is 2.31. The van der Waals surface area contributed by atoms with Crippen LogP contribution in [0.15, 0.2) is 54.9 Å². The van der Waals surface area contributed by atoms with E-state index >= 15 is 0 Å². The highest BCUT2D eigenvalue weighted by Gasteiger charge is 2.17. The van der Waals surface area contributed by atoms with E-state index in [9.17, 15) is 14.5 Å². The molecule has 0 aliphatic heterocycles. The van der Waals surface area contributed by atoms with Crippen molar-refractivity contribution in [3.63, 3.8) is 0 Å². The van der Waals surface area contributed by atoms with Gasteiger partial charge in [-0.25, -0.2) is 9.97 Å². The maximum Gasteiger partial charge on any atom is 0.306 e. The molecule has 2 aromatic carbocycles. The Balaban J connectivity index is 1.74. The zero-order valence-electron chi connectivity index (χ0n) is 15.2. The van der Waals surface area contributed by atoms with Crippen molar-refractivity contribution in [3.8, 4) is 11.3 Å². The number of rotatable bonds is 4. The molecule has 0 aliphatic rings. The Labute approximate surface area is 159 Å². The molecule has 0 amide bonds. The zero-order valence-corrected chi connectivity index (χ0v) is 15.2. The van der Waals surface area contributed by atoms with Crippen LogP contribution >= 0.6 is 0 Å². The van der Waals surface area contributed by atoms with Crippen molar-refractivity contribution in [2.24, 2.45) is 7.05 Å². The first-order valence-electron chi connectivity index (χ1n) is 8.53. The summed E-state index contributed by atoms with van der Waals surface area (Å²) < 4.78 is 15.8. The number of hydrogen-bond donors (Lipinski definition) is 1. The summed E-state index contributed by atoms with van der Waals surface area (Å²) in [4.78, 5) is 19.0. The number of nitrogens with zero attached hydrogens (tertiary/aromatic N) is 4. The van der Waals surface area contributed by atoms with Crippen molar-refractivity contribution in [2.45, 2.75) is 6.92 Å². The van der Waals surface area contributed by atoms with Crippen LogP contribution in [-0.4, -0.2) is 19.5 Å². The van der Waals surface area contributed by atoms with E-state index in [0.717, 1.165) is 28.6 Å². The summed E-state index contributed by atoms with van der Waals surface area (Å²) in [5.41, 5.74) is 3.04. The van der Waals surface area contributed by atoms with E-state index in [-0.39, 0.29) is 5.95 Å². The largest absolute Gasteiger partial charge is 0.350 e. The van der Waals surface area contributed by atoms with E-state index in [1.165, 1.54) is 0 Å². The Bertz CT molecular complexity index is 1220. The summed E-state index contributed by atoms with van der Waals surface area (Å²) >= 11 is 0. The van der Waals surface area contributed by atoms with Gasteiger partial charge < -0.3 is 9.88 Å². The van der Waals surface area contributed by atoms with E-state index < -0.39 is 16.4 Å². The summed E-state index contributed by atoms with van der Waals surface area (Å²) in [6.07, 6.45) is 3.60. The lowest BCUT2D eigenvalue weighted by molar-refractivity contribution is -0.387. The molecular formula is C20H16FN5O2. The fourth-order valence-electron chi connectivity index (χ4n) is 3.17. The summed E-state index contributed by atoms with van der Waals surface area (Å²) in [7, 11) is 1.97. The molecule has 1 N–H and O–H groups in total. The normalized spacial score (nSPS) is 11.0. The van der Waals surface area contributed by atoms with Crippen LogP contribution in [0.5, 0.6) is 0 Å². The van der Waals surface area contributed by atoms with Gasteiger partial charge in [0.15, 0.2) is 0 Å². The summed E-state index contributed by atoms with van der Waals surface area (Å²) in [6.45, 7) is 1.66. The van der Waals surface area contributed by atoms with Crippen molar-refractivity contribution in [1.82, 2.24) is 14.5 Å². The van der Waals surface area contributed by atoms with Crippen molar-refractivity contribution >= 4 is 28.2 Å². The lowest BCUT2D eigenvalue weighted by Crippen LogP contribution is -2.02. The second kappa shape index (κ2) is 6.73. The summed E-state index contributed by atoms with van der Waals surface area (Å²) in [5.74, 6) is -0.604. The minimum absolute atomic E-state index is 0.273. The first kappa shape index (κ1) is 17.6. The molecule has 7 nitrogen and oxygen atoms in total. The monoisotopic (exact) mass is 377 g/mol. The van der Waals surface area contributed by atoms with E-state index in [1.807, 2.05) is 42.1 Å². The maximum absolute atomic E-state index is 13.8. The third kappa shape index (κ3) is 3.05. The number of nitrogens with one attached hydrogen (secondary N) is 1. The number of hydrogen-bond acceptors (Lipinski definition) is 5.